The van der Waals surface area contributed by atoms with Crippen molar-refractivity contribution in [2.24, 2.45) is 0 Å². The van der Waals surface area contributed by atoms with Gasteiger partial charge in [-0.1, -0.05) is 31.9 Å². The second-order valence-corrected chi connectivity index (χ2v) is 9.99. The van der Waals surface area contributed by atoms with Gasteiger partial charge < -0.3 is 9.97 Å². The Kier molecular flexibility index (Phi) is 6.06. The predicted molar refractivity (Wildman–Crippen MR) is 128 cm³/mol. The van der Waals surface area contributed by atoms with Crippen LogP contribution < -0.4 is 11.1 Å². The van der Waals surface area contributed by atoms with E-state index in [0.29, 0.717) is 52.7 Å². The lowest BCUT2D eigenvalue weighted by molar-refractivity contribution is 0.739. The van der Waals surface area contributed by atoms with Crippen LogP contribution in [0.3, 0.4) is 0 Å². The van der Waals surface area contributed by atoms with Gasteiger partial charge in [-0.05, 0) is 62.5 Å². The van der Waals surface area contributed by atoms with E-state index < -0.39 is 0 Å². The molecule has 148 valence electrons. The Labute approximate surface area is 198 Å². The maximum atomic E-state index is 12.4. The van der Waals surface area contributed by atoms with Gasteiger partial charge in [0.05, 0.1) is 21.8 Å². The Bertz CT molecular complexity index is 1280. The summed E-state index contributed by atoms with van der Waals surface area (Å²) in [6.07, 6.45) is 1.78. The highest BCUT2D eigenvalue weighted by Crippen LogP contribution is 2.26. The summed E-state index contributed by atoms with van der Waals surface area (Å²) in [4.78, 5) is 39.6. The molecule has 0 saturated carbocycles. The largest absolute Gasteiger partial charge is 0.310 e. The van der Waals surface area contributed by atoms with Crippen LogP contribution in [0.15, 0.2) is 51.7 Å². The van der Waals surface area contributed by atoms with Crippen LogP contribution in [0, 0.1) is 0 Å². The minimum Gasteiger partial charge on any atom is -0.310 e. The molecule has 2 aromatic carbocycles. The quantitative estimate of drug-likeness (QED) is 0.311. The molecule has 0 atom stereocenters. The molecule has 0 aliphatic rings. The topological polar surface area (TPSA) is 91.5 Å². The van der Waals surface area contributed by atoms with Gasteiger partial charge in [-0.3, -0.25) is 9.59 Å². The summed E-state index contributed by atoms with van der Waals surface area (Å²) in [5, 5.41) is 1.04. The number of halogens is 4. The van der Waals surface area contributed by atoms with Crippen LogP contribution in [0.1, 0.15) is 18.1 Å². The highest BCUT2D eigenvalue weighted by atomic mass is 79.9. The Hall–Kier alpha value is -1.36. The average molecular weight is 648 g/mol. The number of benzene rings is 2. The van der Waals surface area contributed by atoms with E-state index >= 15 is 0 Å². The number of fused-ring (bicyclic) bond motifs is 2. The Morgan fingerprint density at radius 1 is 0.690 bits per heavy atom. The number of nitrogens with one attached hydrogen (secondary N) is 2. The molecule has 0 saturated heterocycles. The summed E-state index contributed by atoms with van der Waals surface area (Å²) in [6.45, 7) is 0. The standard InChI is InChI=1S/C19H12Br4N4O2/c20-8-4-10-16(12(22)6-8)24-14(26-18(10)28)2-1-3-15-25-17-11(19(29)27-15)5-9(21)7-13(17)23/h4-7H,1-3H2,(H,24,26,28)(H,25,27,29). The van der Waals surface area contributed by atoms with Gasteiger partial charge in [0, 0.05) is 30.7 Å². The molecule has 0 aliphatic heterocycles. The van der Waals surface area contributed by atoms with Crippen LogP contribution in [0.25, 0.3) is 21.8 Å². The van der Waals surface area contributed by atoms with E-state index in [1.165, 1.54) is 0 Å². The van der Waals surface area contributed by atoms with Crippen molar-refractivity contribution in [3.63, 3.8) is 0 Å². The van der Waals surface area contributed by atoms with Crippen LogP contribution in [-0.4, -0.2) is 19.9 Å². The molecule has 2 N–H and O–H groups in total. The summed E-state index contributed by atoms with van der Waals surface area (Å²) in [6, 6.07) is 7.21. The fourth-order valence-electron chi connectivity index (χ4n) is 3.09. The molecule has 4 rings (SSSR count). The molecule has 0 radical (unpaired) electrons. The minimum absolute atomic E-state index is 0.182. The molecule has 10 heteroatoms. The van der Waals surface area contributed by atoms with Crippen molar-refractivity contribution in [1.29, 1.82) is 0 Å². The zero-order valence-electron chi connectivity index (χ0n) is 14.7. The molecule has 29 heavy (non-hydrogen) atoms. The average Bonchev–Trinajstić information content (AvgIpc) is 2.64. The number of hydrogen-bond donors (Lipinski definition) is 2. The van der Waals surface area contributed by atoms with Gasteiger partial charge >= 0.3 is 0 Å². The van der Waals surface area contributed by atoms with E-state index in [-0.39, 0.29) is 11.1 Å². The van der Waals surface area contributed by atoms with E-state index in [2.05, 4.69) is 83.7 Å². The fourth-order valence-corrected chi connectivity index (χ4v) is 5.72. The molecule has 2 aromatic heterocycles. The Morgan fingerprint density at radius 3 is 1.52 bits per heavy atom. The first-order valence-electron chi connectivity index (χ1n) is 8.58. The van der Waals surface area contributed by atoms with Gasteiger partial charge in [0.15, 0.2) is 0 Å². The van der Waals surface area contributed by atoms with Gasteiger partial charge in [0.25, 0.3) is 11.1 Å². The van der Waals surface area contributed by atoms with E-state index in [9.17, 15) is 9.59 Å². The third kappa shape index (κ3) is 4.40. The zero-order valence-corrected chi connectivity index (χ0v) is 21.0. The van der Waals surface area contributed by atoms with Crippen LogP contribution >= 0.6 is 63.7 Å². The molecule has 0 aliphatic carbocycles. The first-order chi connectivity index (χ1) is 13.8. The summed E-state index contributed by atoms with van der Waals surface area (Å²) < 4.78 is 3.12. The SMILES string of the molecule is O=c1[nH]c(CCCc2nc3c(Br)cc(Br)cc3c(=O)[nH]2)nc2c(Br)cc(Br)cc12. The maximum Gasteiger partial charge on any atom is 0.258 e. The highest BCUT2D eigenvalue weighted by Gasteiger charge is 2.11. The summed E-state index contributed by atoms with van der Waals surface area (Å²) >= 11 is 13.7. The molecule has 0 spiro atoms. The highest BCUT2D eigenvalue weighted by molar-refractivity contribution is 9.11. The van der Waals surface area contributed by atoms with Crippen LogP contribution in [-0.2, 0) is 12.8 Å². The van der Waals surface area contributed by atoms with Crippen molar-refractivity contribution in [3.05, 3.63) is 74.5 Å². The van der Waals surface area contributed by atoms with Crippen molar-refractivity contribution < 1.29 is 0 Å². The summed E-state index contributed by atoms with van der Waals surface area (Å²) in [5.41, 5.74) is 0.884. The lowest BCUT2D eigenvalue weighted by atomic mass is 10.2. The van der Waals surface area contributed by atoms with Crippen molar-refractivity contribution in [2.45, 2.75) is 19.3 Å². The Balaban J connectivity index is 1.58. The van der Waals surface area contributed by atoms with Gasteiger partial charge in [0.1, 0.15) is 11.6 Å². The number of aromatic amines is 2. The third-order valence-corrected chi connectivity index (χ3v) is 6.51. The van der Waals surface area contributed by atoms with E-state index in [1.807, 2.05) is 12.1 Å². The molecular weight excluding hydrogens is 636 g/mol. The van der Waals surface area contributed by atoms with Crippen LogP contribution in [0.5, 0.6) is 0 Å². The first-order valence-corrected chi connectivity index (χ1v) is 11.7. The Morgan fingerprint density at radius 2 is 1.10 bits per heavy atom. The number of rotatable bonds is 4. The van der Waals surface area contributed by atoms with Crippen molar-refractivity contribution in [3.8, 4) is 0 Å². The van der Waals surface area contributed by atoms with E-state index in [4.69, 9.17) is 0 Å². The van der Waals surface area contributed by atoms with Gasteiger partial charge in [0.2, 0.25) is 0 Å². The summed E-state index contributed by atoms with van der Waals surface area (Å²) in [7, 11) is 0. The number of nitrogens with zero attached hydrogens (tertiary/aromatic N) is 2. The van der Waals surface area contributed by atoms with Crippen LogP contribution in [0.4, 0.5) is 0 Å². The normalized spacial score (nSPS) is 11.4. The molecule has 0 bridgehead atoms. The fraction of sp³-hybridized carbons (Fsp3) is 0.158. The smallest absolute Gasteiger partial charge is 0.258 e. The van der Waals surface area contributed by atoms with E-state index in [0.717, 1.165) is 17.9 Å². The molecule has 2 heterocycles. The van der Waals surface area contributed by atoms with Crippen LogP contribution in [0.2, 0.25) is 0 Å². The summed E-state index contributed by atoms with van der Waals surface area (Å²) in [5.74, 6) is 1.19. The molecule has 4 aromatic rings. The number of H-pyrrole nitrogens is 2. The van der Waals surface area contributed by atoms with Gasteiger partial charge in [-0.25, -0.2) is 9.97 Å². The van der Waals surface area contributed by atoms with Crippen molar-refractivity contribution in [1.82, 2.24) is 19.9 Å². The molecule has 0 amide bonds. The molecule has 0 unspecified atom stereocenters. The molecular formula is C19H12Br4N4O2. The first kappa shape index (κ1) is 20.9. The number of aromatic nitrogens is 4. The van der Waals surface area contributed by atoms with Crippen molar-refractivity contribution in [2.75, 3.05) is 0 Å². The second kappa shape index (κ2) is 8.41. The predicted octanol–water partition coefficient (Wildman–Crippen LogP) is 5.38. The molecule has 0 fully saturated rings. The number of aryl methyl sites for hydroxylation is 2. The minimum atomic E-state index is -0.182. The van der Waals surface area contributed by atoms with E-state index in [1.54, 1.807) is 12.1 Å². The maximum absolute atomic E-state index is 12.4. The zero-order chi connectivity index (χ0) is 20.7. The molecule has 6 nitrogen and oxygen atoms in total. The lowest BCUT2D eigenvalue weighted by Crippen LogP contribution is -2.14. The van der Waals surface area contributed by atoms with Gasteiger partial charge in [-0.15, -0.1) is 0 Å². The second-order valence-electron chi connectivity index (χ2n) is 6.45. The van der Waals surface area contributed by atoms with Gasteiger partial charge in [-0.2, -0.15) is 0 Å². The van der Waals surface area contributed by atoms with Crippen molar-refractivity contribution >= 4 is 85.5 Å². The monoisotopic (exact) mass is 644 g/mol. The lowest BCUT2D eigenvalue weighted by Gasteiger charge is -2.07. The third-order valence-electron chi connectivity index (χ3n) is 4.38. The number of hydrogen-bond acceptors (Lipinski definition) is 4.